The largest absolute Gasteiger partial charge is 0.498 e. The van der Waals surface area contributed by atoms with E-state index in [9.17, 15) is 0 Å². The highest BCUT2D eigenvalue weighted by atomic mass is 16.5. The van der Waals surface area contributed by atoms with Crippen LogP contribution in [-0.4, -0.2) is 6.10 Å². The second-order valence-electron chi connectivity index (χ2n) is 4.68. The molecule has 0 aliphatic carbocycles. The zero-order chi connectivity index (χ0) is 12.0. The summed E-state index contributed by atoms with van der Waals surface area (Å²) in [6.07, 6.45) is 10.8. The molecule has 0 radical (unpaired) electrons. The molecule has 2 unspecified atom stereocenters. The quantitative estimate of drug-likeness (QED) is 0.673. The van der Waals surface area contributed by atoms with Crippen molar-refractivity contribution in [3.05, 3.63) is 35.9 Å². The molecule has 90 valence electrons. The van der Waals surface area contributed by atoms with Crippen molar-refractivity contribution < 1.29 is 4.74 Å². The summed E-state index contributed by atoms with van der Waals surface area (Å²) in [5.41, 5.74) is 2.87. The fourth-order valence-electron chi connectivity index (χ4n) is 1.44. The molecule has 2 aliphatic heterocycles. The average Bonchev–Trinajstić information content (AvgIpc) is 2.50. The van der Waals surface area contributed by atoms with Gasteiger partial charge in [-0.25, -0.2) is 0 Å². The fraction of sp³-hybridized carbons (Fsp3) is 0.571. The Morgan fingerprint density at radius 3 is 2.00 bits per heavy atom. The summed E-state index contributed by atoms with van der Waals surface area (Å²) in [6.45, 7) is 8.53. The predicted octanol–water partition coefficient (Wildman–Crippen LogP) is 3.73. The van der Waals surface area contributed by atoms with E-state index in [0.29, 0.717) is 12.0 Å². The third-order valence-corrected chi connectivity index (χ3v) is 2.99. The summed E-state index contributed by atoms with van der Waals surface area (Å²) >= 11 is 0. The van der Waals surface area contributed by atoms with Crippen molar-refractivity contribution in [2.45, 2.75) is 46.6 Å². The Hall–Kier alpha value is -1.18. The minimum atomic E-state index is 0.403. The van der Waals surface area contributed by atoms with Crippen LogP contribution in [0.25, 0.3) is 0 Å². The van der Waals surface area contributed by atoms with Crippen LogP contribution in [0.5, 0.6) is 0 Å². The van der Waals surface area contributed by atoms with Gasteiger partial charge in [0.15, 0.2) is 0 Å². The number of allylic oxidation sites excluding steroid dienone is 2. The van der Waals surface area contributed by atoms with Crippen LogP contribution in [0.15, 0.2) is 35.9 Å². The minimum absolute atomic E-state index is 0.403. The highest BCUT2D eigenvalue weighted by Gasteiger charge is 2.12. The van der Waals surface area contributed by atoms with Gasteiger partial charge in [0.25, 0.3) is 0 Å². The second-order valence-corrected chi connectivity index (χ2v) is 4.68. The molecule has 1 N–H and O–H groups in total. The Bertz CT molecular complexity index is 284. The van der Waals surface area contributed by atoms with E-state index in [1.165, 1.54) is 24.0 Å². The molecule has 0 spiro atoms. The summed E-state index contributed by atoms with van der Waals surface area (Å²) in [6, 6.07) is 0. The molecule has 2 nitrogen and oxygen atoms in total. The van der Waals surface area contributed by atoms with Gasteiger partial charge in [-0.2, -0.15) is 0 Å². The molecule has 0 amide bonds. The third-order valence-electron chi connectivity index (χ3n) is 2.99. The van der Waals surface area contributed by atoms with Crippen molar-refractivity contribution in [3.63, 3.8) is 0 Å². The van der Waals surface area contributed by atoms with E-state index in [1.807, 2.05) is 0 Å². The lowest BCUT2D eigenvalue weighted by molar-refractivity contribution is 0.159. The zero-order valence-electron chi connectivity index (χ0n) is 10.8. The molecule has 16 heavy (non-hydrogen) atoms. The van der Waals surface area contributed by atoms with Crippen molar-refractivity contribution >= 4 is 0 Å². The first-order valence-corrected chi connectivity index (χ1v) is 5.99. The van der Waals surface area contributed by atoms with Gasteiger partial charge in [0, 0.05) is 5.92 Å². The van der Waals surface area contributed by atoms with Crippen LogP contribution >= 0.6 is 0 Å². The first kappa shape index (κ1) is 12.9. The standard InChI is InChI=1S/C8H13N.C6H10O/c1-7-3-4-8(2)6-9-5-7;1-5-3-4-7-6(5)2/h5-6,9H,3-4H2,1-2H3;3-6H,1-2H3. The molecule has 0 bridgehead atoms. The molecular formula is C14H23NO. The van der Waals surface area contributed by atoms with Gasteiger partial charge in [0.1, 0.15) is 6.10 Å². The summed E-state index contributed by atoms with van der Waals surface area (Å²) in [4.78, 5) is 0. The van der Waals surface area contributed by atoms with Crippen molar-refractivity contribution in [1.82, 2.24) is 5.32 Å². The first-order valence-electron chi connectivity index (χ1n) is 5.99. The number of hydrogen-bond donors (Lipinski definition) is 1. The molecule has 0 saturated carbocycles. The van der Waals surface area contributed by atoms with E-state index in [0.717, 1.165) is 0 Å². The number of hydrogen-bond acceptors (Lipinski definition) is 2. The van der Waals surface area contributed by atoms with Gasteiger partial charge in [-0.3, -0.25) is 0 Å². The smallest absolute Gasteiger partial charge is 0.101 e. The molecule has 2 rings (SSSR count). The van der Waals surface area contributed by atoms with Gasteiger partial charge in [-0.1, -0.05) is 18.1 Å². The molecule has 0 aromatic heterocycles. The molecule has 0 saturated heterocycles. The Morgan fingerprint density at radius 1 is 1.12 bits per heavy atom. The molecule has 0 aromatic carbocycles. The normalized spacial score (nSPS) is 27.8. The third kappa shape index (κ3) is 4.56. The van der Waals surface area contributed by atoms with E-state index in [1.54, 1.807) is 6.26 Å². The van der Waals surface area contributed by atoms with Gasteiger partial charge in [0.05, 0.1) is 6.26 Å². The van der Waals surface area contributed by atoms with Crippen LogP contribution in [0.1, 0.15) is 40.5 Å². The monoisotopic (exact) mass is 221 g/mol. The summed E-state index contributed by atoms with van der Waals surface area (Å²) in [5, 5.41) is 3.12. The van der Waals surface area contributed by atoms with Crippen LogP contribution in [-0.2, 0) is 4.74 Å². The van der Waals surface area contributed by atoms with Crippen LogP contribution in [0, 0.1) is 5.92 Å². The minimum Gasteiger partial charge on any atom is -0.498 e. The molecule has 0 aromatic rings. The number of rotatable bonds is 0. The SMILES string of the molecule is CC1=CNC=C(C)CC1.CC1C=COC1C. The lowest BCUT2D eigenvalue weighted by atomic mass is 10.1. The lowest BCUT2D eigenvalue weighted by Crippen LogP contribution is -2.06. The van der Waals surface area contributed by atoms with Crippen molar-refractivity contribution in [3.8, 4) is 0 Å². The topological polar surface area (TPSA) is 21.3 Å². The molecule has 2 heteroatoms. The average molecular weight is 221 g/mol. The Balaban J connectivity index is 0.000000165. The predicted molar refractivity (Wildman–Crippen MR) is 68.7 cm³/mol. The highest BCUT2D eigenvalue weighted by molar-refractivity contribution is 5.10. The Kier molecular flexibility index (Phi) is 5.17. The zero-order valence-corrected chi connectivity index (χ0v) is 10.8. The number of nitrogens with one attached hydrogen (secondary N) is 1. The Morgan fingerprint density at radius 2 is 1.69 bits per heavy atom. The van der Waals surface area contributed by atoms with Gasteiger partial charge >= 0.3 is 0 Å². The van der Waals surface area contributed by atoms with Crippen LogP contribution in [0.4, 0.5) is 0 Å². The molecular weight excluding hydrogens is 198 g/mol. The maximum Gasteiger partial charge on any atom is 0.101 e. The lowest BCUT2D eigenvalue weighted by Gasteiger charge is -2.05. The summed E-state index contributed by atoms with van der Waals surface area (Å²) in [7, 11) is 0. The maximum absolute atomic E-state index is 5.08. The van der Waals surface area contributed by atoms with Gasteiger partial charge in [0.2, 0.25) is 0 Å². The fourth-order valence-corrected chi connectivity index (χ4v) is 1.44. The van der Waals surface area contributed by atoms with E-state index >= 15 is 0 Å². The van der Waals surface area contributed by atoms with Crippen molar-refractivity contribution in [2.75, 3.05) is 0 Å². The maximum atomic E-state index is 5.08. The molecule has 2 aliphatic rings. The van der Waals surface area contributed by atoms with Crippen LogP contribution in [0.3, 0.4) is 0 Å². The van der Waals surface area contributed by atoms with Gasteiger partial charge in [-0.15, -0.1) is 0 Å². The van der Waals surface area contributed by atoms with E-state index in [2.05, 4.69) is 51.5 Å². The van der Waals surface area contributed by atoms with Gasteiger partial charge in [-0.05, 0) is 52.1 Å². The van der Waals surface area contributed by atoms with E-state index in [-0.39, 0.29) is 0 Å². The van der Waals surface area contributed by atoms with E-state index < -0.39 is 0 Å². The molecule has 0 fully saturated rings. The molecule has 2 heterocycles. The van der Waals surface area contributed by atoms with Crippen molar-refractivity contribution in [1.29, 1.82) is 0 Å². The Labute approximate surface area is 99.1 Å². The van der Waals surface area contributed by atoms with E-state index in [4.69, 9.17) is 4.74 Å². The van der Waals surface area contributed by atoms with Crippen molar-refractivity contribution in [2.24, 2.45) is 5.92 Å². The highest BCUT2D eigenvalue weighted by Crippen LogP contribution is 2.14. The molecule has 2 atom stereocenters. The van der Waals surface area contributed by atoms with Crippen LogP contribution in [0.2, 0.25) is 0 Å². The van der Waals surface area contributed by atoms with Crippen LogP contribution < -0.4 is 5.32 Å². The first-order chi connectivity index (χ1) is 7.59. The second kappa shape index (κ2) is 6.41. The number of ether oxygens (including phenoxy) is 1. The summed E-state index contributed by atoms with van der Waals surface area (Å²) in [5.74, 6) is 0.611. The summed E-state index contributed by atoms with van der Waals surface area (Å²) < 4.78 is 5.08. The van der Waals surface area contributed by atoms with Gasteiger partial charge < -0.3 is 10.1 Å².